The number of hydrogen-bond acceptors (Lipinski definition) is 4. The zero-order valence-electron chi connectivity index (χ0n) is 12.3. The topological polar surface area (TPSA) is 64.8 Å². The molecule has 6 heteroatoms. The van der Waals surface area contributed by atoms with Gasteiger partial charge in [-0.2, -0.15) is 0 Å². The molecule has 1 fully saturated rings. The minimum absolute atomic E-state index is 0.0306. The van der Waals surface area contributed by atoms with Gasteiger partial charge in [-0.3, -0.25) is 4.79 Å². The molecule has 1 aliphatic rings. The zero-order valence-corrected chi connectivity index (χ0v) is 13.1. The highest BCUT2D eigenvalue weighted by Crippen LogP contribution is 2.28. The highest BCUT2D eigenvalue weighted by molar-refractivity contribution is 7.80. The van der Waals surface area contributed by atoms with Crippen molar-refractivity contribution in [3.05, 3.63) is 23.8 Å². The minimum atomic E-state index is -0.0306. The number of benzene rings is 1. The number of nitrogens with zero attached hydrogens (tertiary/aromatic N) is 1. The van der Waals surface area contributed by atoms with E-state index in [1.807, 2.05) is 0 Å². The molecule has 114 valence electrons. The summed E-state index contributed by atoms with van der Waals surface area (Å²) in [5.41, 5.74) is 6.29. The van der Waals surface area contributed by atoms with Crippen molar-refractivity contribution in [3.63, 3.8) is 0 Å². The van der Waals surface area contributed by atoms with Gasteiger partial charge >= 0.3 is 0 Å². The number of amides is 1. The number of rotatable bonds is 4. The van der Waals surface area contributed by atoms with Crippen molar-refractivity contribution in [1.82, 2.24) is 4.90 Å². The van der Waals surface area contributed by atoms with E-state index in [0.29, 0.717) is 28.6 Å². The van der Waals surface area contributed by atoms with Gasteiger partial charge in [-0.05, 0) is 31.0 Å². The van der Waals surface area contributed by atoms with Crippen molar-refractivity contribution >= 4 is 23.1 Å². The van der Waals surface area contributed by atoms with Gasteiger partial charge in [0.05, 0.1) is 19.2 Å². The van der Waals surface area contributed by atoms with Gasteiger partial charge in [0.25, 0.3) is 5.91 Å². The van der Waals surface area contributed by atoms with E-state index in [0.717, 1.165) is 19.4 Å². The van der Waals surface area contributed by atoms with Crippen LogP contribution in [0.2, 0.25) is 0 Å². The van der Waals surface area contributed by atoms with Crippen LogP contribution in [0.1, 0.15) is 23.2 Å². The van der Waals surface area contributed by atoms with Crippen molar-refractivity contribution < 1.29 is 14.3 Å². The fraction of sp³-hybridized carbons (Fsp3) is 0.467. The van der Waals surface area contributed by atoms with Crippen LogP contribution in [0.3, 0.4) is 0 Å². The highest BCUT2D eigenvalue weighted by Gasteiger charge is 2.26. The van der Waals surface area contributed by atoms with E-state index in [1.165, 1.54) is 0 Å². The van der Waals surface area contributed by atoms with Crippen LogP contribution in [0.15, 0.2) is 18.2 Å². The first-order valence-electron chi connectivity index (χ1n) is 6.87. The van der Waals surface area contributed by atoms with Crippen molar-refractivity contribution in [2.75, 3.05) is 27.3 Å². The molecule has 0 spiro atoms. The molecule has 1 aromatic rings. The van der Waals surface area contributed by atoms with Crippen LogP contribution in [0.25, 0.3) is 0 Å². The standard InChI is InChI=1S/C15H20N2O3S/c1-19-12-6-5-10(8-13(12)20-2)15(18)17-7-3-4-11(9-17)14(16)21/h5-6,8,11H,3-4,7,9H2,1-2H3,(H2,16,21). The molecule has 0 saturated carbocycles. The maximum absolute atomic E-state index is 12.6. The van der Waals surface area contributed by atoms with E-state index >= 15 is 0 Å². The van der Waals surface area contributed by atoms with Crippen LogP contribution in [0.5, 0.6) is 11.5 Å². The van der Waals surface area contributed by atoms with Crippen LogP contribution in [-0.2, 0) is 0 Å². The molecule has 1 unspecified atom stereocenters. The summed E-state index contributed by atoms with van der Waals surface area (Å²) in [6.45, 7) is 1.31. The van der Waals surface area contributed by atoms with Crippen LogP contribution in [-0.4, -0.2) is 43.1 Å². The molecule has 0 aromatic heterocycles. The highest BCUT2D eigenvalue weighted by atomic mass is 32.1. The van der Waals surface area contributed by atoms with Gasteiger partial charge in [0.2, 0.25) is 0 Å². The van der Waals surface area contributed by atoms with Crippen molar-refractivity contribution in [3.8, 4) is 11.5 Å². The summed E-state index contributed by atoms with van der Waals surface area (Å²) in [5.74, 6) is 1.23. The Balaban J connectivity index is 2.17. The lowest BCUT2D eigenvalue weighted by Gasteiger charge is -2.32. The van der Waals surface area contributed by atoms with Crippen molar-refractivity contribution in [2.24, 2.45) is 11.7 Å². The second-order valence-electron chi connectivity index (χ2n) is 5.06. The first kappa shape index (κ1) is 15.6. The SMILES string of the molecule is COc1ccc(C(=O)N2CCCC(C(N)=S)C2)cc1OC. The van der Waals surface area contributed by atoms with E-state index in [-0.39, 0.29) is 11.8 Å². The molecule has 1 aliphatic heterocycles. The molecule has 0 radical (unpaired) electrons. The van der Waals surface area contributed by atoms with Gasteiger partial charge in [0, 0.05) is 24.6 Å². The number of nitrogens with two attached hydrogens (primary N) is 1. The largest absolute Gasteiger partial charge is 0.493 e. The number of thiocarbonyl (C=S) groups is 1. The normalized spacial score (nSPS) is 18.2. The molecule has 0 aliphatic carbocycles. The fourth-order valence-electron chi connectivity index (χ4n) is 2.55. The second kappa shape index (κ2) is 6.76. The number of piperidine rings is 1. The van der Waals surface area contributed by atoms with E-state index in [4.69, 9.17) is 27.4 Å². The third-order valence-corrected chi connectivity index (χ3v) is 4.07. The van der Waals surface area contributed by atoms with Crippen molar-refractivity contribution in [2.45, 2.75) is 12.8 Å². The smallest absolute Gasteiger partial charge is 0.254 e. The lowest BCUT2D eigenvalue weighted by atomic mass is 9.97. The Morgan fingerprint density at radius 3 is 2.67 bits per heavy atom. The summed E-state index contributed by atoms with van der Waals surface area (Å²) in [5, 5.41) is 0. The molecule has 1 atom stereocenters. The Morgan fingerprint density at radius 2 is 2.05 bits per heavy atom. The predicted molar refractivity (Wildman–Crippen MR) is 85.0 cm³/mol. The van der Waals surface area contributed by atoms with E-state index in [2.05, 4.69) is 0 Å². The Kier molecular flexibility index (Phi) is 5.01. The predicted octanol–water partition coefficient (Wildman–Crippen LogP) is 1.84. The minimum Gasteiger partial charge on any atom is -0.493 e. The summed E-state index contributed by atoms with van der Waals surface area (Å²) in [6, 6.07) is 5.18. The fourth-order valence-corrected chi connectivity index (χ4v) is 2.74. The summed E-state index contributed by atoms with van der Waals surface area (Å²) in [6.07, 6.45) is 1.87. The average molecular weight is 308 g/mol. The summed E-state index contributed by atoms with van der Waals surface area (Å²) in [4.78, 5) is 14.9. The average Bonchev–Trinajstić information content (AvgIpc) is 2.53. The maximum Gasteiger partial charge on any atom is 0.254 e. The lowest BCUT2D eigenvalue weighted by molar-refractivity contribution is 0.0703. The maximum atomic E-state index is 12.6. The molecule has 1 amide bonds. The van der Waals surface area contributed by atoms with Crippen LogP contribution in [0.4, 0.5) is 0 Å². The molecule has 1 saturated heterocycles. The third kappa shape index (κ3) is 3.44. The van der Waals surface area contributed by atoms with E-state index in [1.54, 1.807) is 37.3 Å². The van der Waals surface area contributed by atoms with Crippen LogP contribution in [0, 0.1) is 5.92 Å². The molecule has 2 N–H and O–H groups in total. The van der Waals surface area contributed by atoms with Gasteiger partial charge in [0.15, 0.2) is 11.5 Å². The summed E-state index contributed by atoms with van der Waals surface area (Å²) >= 11 is 5.05. The Hall–Kier alpha value is -1.82. The molecule has 21 heavy (non-hydrogen) atoms. The first-order chi connectivity index (χ1) is 10.1. The number of carbonyl (C=O) groups excluding carboxylic acids is 1. The van der Waals surface area contributed by atoms with E-state index < -0.39 is 0 Å². The molecular weight excluding hydrogens is 288 g/mol. The number of likely N-dealkylation sites (tertiary alicyclic amines) is 1. The van der Waals surface area contributed by atoms with Gasteiger partial charge in [-0.15, -0.1) is 0 Å². The first-order valence-corrected chi connectivity index (χ1v) is 7.28. The number of carbonyl (C=O) groups is 1. The summed E-state index contributed by atoms with van der Waals surface area (Å²) in [7, 11) is 3.12. The second-order valence-corrected chi connectivity index (χ2v) is 5.53. The van der Waals surface area contributed by atoms with Crippen LogP contribution < -0.4 is 15.2 Å². The molecule has 1 aromatic carbocycles. The summed E-state index contributed by atoms with van der Waals surface area (Å²) < 4.78 is 10.4. The number of ether oxygens (including phenoxy) is 2. The number of hydrogen-bond donors (Lipinski definition) is 1. The molecule has 1 heterocycles. The van der Waals surface area contributed by atoms with Crippen LogP contribution >= 0.6 is 12.2 Å². The molecule has 5 nitrogen and oxygen atoms in total. The lowest BCUT2D eigenvalue weighted by Crippen LogP contribution is -2.43. The number of methoxy groups -OCH3 is 2. The molecular formula is C15H20N2O3S. The third-order valence-electron chi connectivity index (χ3n) is 3.74. The van der Waals surface area contributed by atoms with Crippen molar-refractivity contribution in [1.29, 1.82) is 0 Å². The van der Waals surface area contributed by atoms with Gasteiger partial charge in [-0.25, -0.2) is 0 Å². The Morgan fingerprint density at radius 1 is 1.33 bits per heavy atom. The Bertz CT molecular complexity index is 548. The van der Waals surface area contributed by atoms with E-state index in [9.17, 15) is 4.79 Å². The Labute approximate surface area is 130 Å². The van der Waals surface area contributed by atoms with Gasteiger partial charge in [0.1, 0.15) is 0 Å². The zero-order chi connectivity index (χ0) is 15.4. The molecule has 0 bridgehead atoms. The quantitative estimate of drug-likeness (QED) is 0.860. The van der Waals surface area contributed by atoms with Gasteiger partial charge < -0.3 is 20.1 Å². The van der Waals surface area contributed by atoms with Gasteiger partial charge in [-0.1, -0.05) is 12.2 Å². The monoisotopic (exact) mass is 308 g/mol. The molecule has 2 rings (SSSR count).